The van der Waals surface area contributed by atoms with Gasteiger partial charge in [0.2, 0.25) is 5.91 Å². The second kappa shape index (κ2) is 5.14. The van der Waals surface area contributed by atoms with Crippen molar-refractivity contribution in [2.24, 2.45) is 5.73 Å². The normalized spacial score (nSPS) is 18.5. The van der Waals surface area contributed by atoms with Crippen LogP contribution in [0.25, 0.3) is 0 Å². The molecule has 5 heteroatoms. The van der Waals surface area contributed by atoms with E-state index < -0.39 is 0 Å². The van der Waals surface area contributed by atoms with Gasteiger partial charge in [-0.15, -0.1) is 0 Å². The lowest BCUT2D eigenvalue weighted by molar-refractivity contribution is -0.119. The first kappa shape index (κ1) is 11.9. The third kappa shape index (κ3) is 2.74. The summed E-state index contributed by atoms with van der Waals surface area (Å²) < 4.78 is 0. The summed E-state index contributed by atoms with van der Waals surface area (Å²) in [7, 11) is 0. The average Bonchev–Trinajstić information content (AvgIpc) is 2.54. The van der Waals surface area contributed by atoms with E-state index in [1.807, 2.05) is 24.0 Å². The molecule has 0 spiro atoms. The van der Waals surface area contributed by atoms with Crippen molar-refractivity contribution >= 4 is 11.7 Å². The number of carbonyl (C=O) groups excluding carboxylic acids is 1. The Balaban J connectivity index is 2.28. The monoisotopic (exact) mass is 234 g/mol. The molecular formula is C12H18N4O. The number of amides is 1. The predicted molar refractivity (Wildman–Crippen MR) is 66.7 cm³/mol. The zero-order valence-electron chi connectivity index (χ0n) is 10.0. The second-order valence-electron chi connectivity index (χ2n) is 4.33. The number of hydrogen-bond acceptors (Lipinski definition) is 4. The van der Waals surface area contributed by atoms with E-state index in [-0.39, 0.29) is 11.9 Å². The van der Waals surface area contributed by atoms with Gasteiger partial charge in [-0.1, -0.05) is 6.07 Å². The molecule has 5 nitrogen and oxygen atoms in total. The number of carbonyl (C=O) groups is 1. The molecule has 0 unspecified atom stereocenters. The molecule has 1 fully saturated rings. The van der Waals surface area contributed by atoms with Crippen LogP contribution in [-0.2, 0) is 4.79 Å². The summed E-state index contributed by atoms with van der Waals surface area (Å²) in [5.74, 6) is 0.878. The fourth-order valence-corrected chi connectivity index (χ4v) is 2.02. The van der Waals surface area contributed by atoms with Gasteiger partial charge in [0.25, 0.3) is 0 Å². The molecule has 1 aliphatic rings. The van der Waals surface area contributed by atoms with Crippen molar-refractivity contribution < 1.29 is 4.79 Å². The molecule has 1 aromatic rings. The first-order valence-electron chi connectivity index (χ1n) is 5.90. The van der Waals surface area contributed by atoms with Gasteiger partial charge in [0, 0.05) is 30.9 Å². The number of rotatable bonds is 2. The van der Waals surface area contributed by atoms with Crippen molar-refractivity contribution in [2.75, 3.05) is 24.5 Å². The molecule has 3 N–H and O–H groups in total. The minimum Gasteiger partial charge on any atom is -0.354 e. The van der Waals surface area contributed by atoms with Crippen molar-refractivity contribution in [3.05, 3.63) is 23.9 Å². The molecule has 1 aliphatic heterocycles. The van der Waals surface area contributed by atoms with Crippen LogP contribution in [0, 0.1) is 0 Å². The topological polar surface area (TPSA) is 71.2 Å². The third-order valence-corrected chi connectivity index (χ3v) is 2.87. The van der Waals surface area contributed by atoms with E-state index in [2.05, 4.69) is 10.3 Å². The van der Waals surface area contributed by atoms with Crippen molar-refractivity contribution in [1.29, 1.82) is 0 Å². The Morgan fingerprint density at radius 2 is 2.41 bits per heavy atom. The van der Waals surface area contributed by atoms with Crippen LogP contribution < -0.4 is 16.0 Å². The highest BCUT2D eigenvalue weighted by Gasteiger charge is 2.19. The lowest BCUT2D eigenvalue weighted by Crippen LogP contribution is -2.34. The standard InChI is InChI=1S/C12H18N4O/c1-9(13)10-4-2-5-15-12(10)16-7-3-6-14-11(17)8-16/h2,4-5,9H,3,6-8,13H2,1H3,(H,14,17)/t9-/m1/s1. The second-order valence-corrected chi connectivity index (χ2v) is 4.33. The lowest BCUT2D eigenvalue weighted by Gasteiger charge is -2.24. The SMILES string of the molecule is C[C@@H](N)c1cccnc1N1CCCNC(=O)C1. The predicted octanol–water partition coefficient (Wildman–Crippen LogP) is 0.428. The van der Waals surface area contributed by atoms with Gasteiger partial charge in [-0.3, -0.25) is 4.79 Å². The van der Waals surface area contributed by atoms with Crippen molar-refractivity contribution in [3.63, 3.8) is 0 Å². The van der Waals surface area contributed by atoms with E-state index in [1.165, 1.54) is 0 Å². The van der Waals surface area contributed by atoms with Crippen molar-refractivity contribution in [2.45, 2.75) is 19.4 Å². The molecule has 2 heterocycles. The zero-order chi connectivity index (χ0) is 12.3. The quantitative estimate of drug-likeness (QED) is 0.778. The van der Waals surface area contributed by atoms with E-state index in [0.29, 0.717) is 6.54 Å². The Labute approximate surface area is 101 Å². The first-order chi connectivity index (χ1) is 8.18. The molecule has 0 radical (unpaired) electrons. The number of aromatic nitrogens is 1. The number of nitrogens with zero attached hydrogens (tertiary/aromatic N) is 2. The summed E-state index contributed by atoms with van der Waals surface area (Å²) in [6.07, 6.45) is 2.67. The van der Waals surface area contributed by atoms with E-state index in [1.54, 1.807) is 6.20 Å². The van der Waals surface area contributed by atoms with Crippen LogP contribution >= 0.6 is 0 Å². The molecule has 0 aliphatic carbocycles. The van der Waals surface area contributed by atoms with Crippen molar-refractivity contribution in [1.82, 2.24) is 10.3 Å². The minimum absolute atomic E-state index is 0.0452. The Hall–Kier alpha value is -1.62. The maximum absolute atomic E-state index is 11.5. The van der Waals surface area contributed by atoms with E-state index in [4.69, 9.17) is 5.73 Å². The Morgan fingerprint density at radius 3 is 3.18 bits per heavy atom. The highest BCUT2D eigenvalue weighted by Crippen LogP contribution is 2.22. The van der Waals surface area contributed by atoms with Crippen LogP contribution in [-0.4, -0.2) is 30.5 Å². The molecule has 1 aromatic heterocycles. The smallest absolute Gasteiger partial charge is 0.239 e. The Bertz CT molecular complexity index is 405. The fraction of sp³-hybridized carbons (Fsp3) is 0.500. The van der Waals surface area contributed by atoms with E-state index in [0.717, 1.165) is 30.9 Å². The minimum atomic E-state index is -0.0787. The third-order valence-electron chi connectivity index (χ3n) is 2.87. The summed E-state index contributed by atoms with van der Waals surface area (Å²) in [4.78, 5) is 17.9. The van der Waals surface area contributed by atoms with Crippen LogP contribution in [0.1, 0.15) is 24.9 Å². The number of nitrogens with two attached hydrogens (primary N) is 1. The molecular weight excluding hydrogens is 216 g/mol. The molecule has 1 amide bonds. The lowest BCUT2D eigenvalue weighted by atomic mass is 10.1. The summed E-state index contributed by atoms with van der Waals surface area (Å²) in [5.41, 5.74) is 6.92. The number of nitrogens with one attached hydrogen (secondary N) is 1. The molecule has 17 heavy (non-hydrogen) atoms. The largest absolute Gasteiger partial charge is 0.354 e. The summed E-state index contributed by atoms with van der Waals surface area (Å²) in [6.45, 7) is 3.85. The Morgan fingerprint density at radius 1 is 1.59 bits per heavy atom. The number of anilines is 1. The Kier molecular flexibility index (Phi) is 3.58. The maximum atomic E-state index is 11.5. The summed E-state index contributed by atoms with van der Waals surface area (Å²) in [5, 5.41) is 2.85. The van der Waals surface area contributed by atoms with Crippen LogP contribution in [0.2, 0.25) is 0 Å². The molecule has 92 valence electrons. The first-order valence-corrected chi connectivity index (χ1v) is 5.90. The number of hydrogen-bond donors (Lipinski definition) is 2. The van der Waals surface area contributed by atoms with Crippen LogP contribution in [0.5, 0.6) is 0 Å². The van der Waals surface area contributed by atoms with Gasteiger partial charge in [-0.25, -0.2) is 4.98 Å². The van der Waals surface area contributed by atoms with Gasteiger partial charge < -0.3 is 16.0 Å². The van der Waals surface area contributed by atoms with Crippen LogP contribution in [0.3, 0.4) is 0 Å². The zero-order valence-corrected chi connectivity index (χ0v) is 10.0. The van der Waals surface area contributed by atoms with Gasteiger partial charge in [0.1, 0.15) is 5.82 Å². The van der Waals surface area contributed by atoms with E-state index >= 15 is 0 Å². The highest BCUT2D eigenvalue weighted by molar-refractivity contribution is 5.81. The molecule has 1 atom stereocenters. The molecule has 0 aromatic carbocycles. The van der Waals surface area contributed by atoms with Gasteiger partial charge in [-0.2, -0.15) is 0 Å². The van der Waals surface area contributed by atoms with Gasteiger partial charge in [0.15, 0.2) is 0 Å². The molecule has 0 saturated carbocycles. The highest BCUT2D eigenvalue weighted by atomic mass is 16.2. The molecule has 1 saturated heterocycles. The maximum Gasteiger partial charge on any atom is 0.239 e. The van der Waals surface area contributed by atoms with Crippen LogP contribution in [0.4, 0.5) is 5.82 Å². The fourth-order valence-electron chi connectivity index (χ4n) is 2.02. The number of pyridine rings is 1. The van der Waals surface area contributed by atoms with Gasteiger partial charge in [0.05, 0.1) is 6.54 Å². The van der Waals surface area contributed by atoms with E-state index in [9.17, 15) is 4.79 Å². The molecule has 0 bridgehead atoms. The summed E-state index contributed by atoms with van der Waals surface area (Å²) >= 11 is 0. The van der Waals surface area contributed by atoms with Gasteiger partial charge >= 0.3 is 0 Å². The van der Waals surface area contributed by atoms with Crippen LogP contribution in [0.15, 0.2) is 18.3 Å². The van der Waals surface area contributed by atoms with Crippen molar-refractivity contribution in [3.8, 4) is 0 Å². The average molecular weight is 234 g/mol. The van der Waals surface area contributed by atoms with Gasteiger partial charge in [-0.05, 0) is 19.4 Å². The molecule has 2 rings (SSSR count). The summed E-state index contributed by atoms with van der Waals surface area (Å²) in [6, 6.07) is 3.76.